The maximum absolute atomic E-state index is 12.9. The zero-order valence-electron chi connectivity index (χ0n) is 11.7. The van der Waals surface area contributed by atoms with Crippen molar-refractivity contribution in [3.8, 4) is 0 Å². The van der Waals surface area contributed by atoms with Gasteiger partial charge in [-0.15, -0.1) is 23.1 Å². The summed E-state index contributed by atoms with van der Waals surface area (Å²) >= 11 is 2.64. The fourth-order valence-electron chi connectivity index (χ4n) is 2.61. The Morgan fingerprint density at radius 2 is 2.27 bits per heavy atom. The normalized spacial score (nSPS) is 27.3. The zero-order chi connectivity index (χ0) is 15.9. The molecule has 2 unspecified atom stereocenters. The van der Waals surface area contributed by atoms with Crippen molar-refractivity contribution in [3.05, 3.63) is 33.4 Å². The van der Waals surface area contributed by atoms with E-state index in [0.29, 0.717) is 0 Å². The Bertz CT molecular complexity index is 618. The van der Waals surface area contributed by atoms with Crippen molar-refractivity contribution in [2.45, 2.75) is 37.2 Å². The van der Waals surface area contributed by atoms with E-state index in [-0.39, 0.29) is 29.2 Å². The van der Waals surface area contributed by atoms with E-state index in [0.717, 1.165) is 4.88 Å². The summed E-state index contributed by atoms with van der Waals surface area (Å²) in [5.74, 6) is -0.520. The SMILES string of the molecule is CC1C(C(F)F)=CS[C@H]2C(NC(=O)Cc3cccs3)C(=O)N12. The maximum atomic E-state index is 12.9. The Balaban J connectivity index is 1.64. The number of rotatable bonds is 4. The summed E-state index contributed by atoms with van der Waals surface area (Å²) in [5.41, 5.74) is -0.0436. The number of alkyl halides is 2. The monoisotopic (exact) mass is 344 g/mol. The van der Waals surface area contributed by atoms with Crippen LogP contribution in [-0.2, 0) is 16.0 Å². The first-order valence-electron chi connectivity index (χ1n) is 6.76. The second-order valence-corrected chi connectivity index (χ2v) is 7.19. The van der Waals surface area contributed by atoms with E-state index in [9.17, 15) is 18.4 Å². The lowest BCUT2D eigenvalue weighted by atomic mass is 9.99. The molecule has 1 saturated heterocycles. The van der Waals surface area contributed by atoms with Crippen LogP contribution in [0.1, 0.15) is 11.8 Å². The fraction of sp³-hybridized carbons (Fsp3) is 0.429. The van der Waals surface area contributed by atoms with Gasteiger partial charge in [-0.3, -0.25) is 9.59 Å². The quantitative estimate of drug-likeness (QED) is 0.852. The number of amides is 2. The van der Waals surface area contributed by atoms with Gasteiger partial charge in [0.1, 0.15) is 11.4 Å². The molecule has 2 aliphatic rings. The minimum Gasteiger partial charge on any atom is -0.341 e. The molecule has 0 aromatic carbocycles. The molecular weight excluding hydrogens is 330 g/mol. The minimum atomic E-state index is -2.57. The van der Waals surface area contributed by atoms with Crippen LogP contribution in [0, 0.1) is 0 Å². The van der Waals surface area contributed by atoms with Gasteiger partial charge in [0.25, 0.3) is 6.43 Å². The van der Waals surface area contributed by atoms with Gasteiger partial charge in [-0.05, 0) is 23.8 Å². The van der Waals surface area contributed by atoms with Crippen LogP contribution in [0.25, 0.3) is 0 Å². The van der Waals surface area contributed by atoms with Gasteiger partial charge in [-0.1, -0.05) is 6.07 Å². The Hall–Kier alpha value is -1.41. The Kier molecular flexibility index (Phi) is 4.22. The van der Waals surface area contributed by atoms with Gasteiger partial charge in [0.15, 0.2) is 0 Å². The molecule has 1 aromatic heterocycles. The third-order valence-electron chi connectivity index (χ3n) is 3.81. The van der Waals surface area contributed by atoms with Gasteiger partial charge < -0.3 is 10.2 Å². The number of halogens is 2. The predicted molar refractivity (Wildman–Crippen MR) is 81.7 cm³/mol. The number of β-lactam (4-membered cyclic amide) rings is 1. The summed E-state index contributed by atoms with van der Waals surface area (Å²) in [5, 5.41) is 5.71. The molecule has 22 heavy (non-hydrogen) atoms. The number of thiophene rings is 1. The van der Waals surface area contributed by atoms with E-state index in [1.807, 2.05) is 17.5 Å². The highest BCUT2D eigenvalue weighted by Crippen LogP contribution is 2.41. The summed E-state index contributed by atoms with van der Waals surface area (Å²) in [6.07, 6.45) is -2.34. The second kappa shape index (κ2) is 6.00. The molecule has 1 fully saturated rings. The van der Waals surface area contributed by atoms with Crippen LogP contribution in [-0.4, -0.2) is 40.6 Å². The van der Waals surface area contributed by atoms with E-state index >= 15 is 0 Å². The Labute approximate surface area is 134 Å². The molecule has 0 bridgehead atoms. The molecule has 0 saturated carbocycles. The maximum Gasteiger partial charge on any atom is 0.262 e. The Morgan fingerprint density at radius 1 is 1.50 bits per heavy atom. The number of carbonyl (C=O) groups is 2. The molecule has 0 spiro atoms. The molecule has 0 aliphatic carbocycles. The molecule has 2 amide bonds. The van der Waals surface area contributed by atoms with E-state index < -0.39 is 18.5 Å². The fourth-order valence-corrected chi connectivity index (χ4v) is 4.67. The lowest BCUT2D eigenvalue weighted by Crippen LogP contribution is -2.72. The van der Waals surface area contributed by atoms with Crippen LogP contribution >= 0.6 is 23.1 Å². The molecule has 1 N–H and O–H groups in total. The average molecular weight is 344 g/mol. The molecule has 3 heterocycles. The second-order valence-electron chi connectivity index (χ2n) is 5.17. The minimum absolute atomic E-state index is 0.0436. The smallest absolute Gasteiger partial charge is 0.262 e. The first-order chi connectivity index (χ1) is 10.5. The molecule has 8 heteroatoms. The molecule has 118 valence electrons. The van der Waals surface area contributed by atoms with Crippen molar-refractivity contribution in [3.63, 3.8) is 0 Å². The number of hydrogen-bond donors (Lipinski definition) is 1. The number of thioether (sulfide) groups is 1. The van der Waals surface area contributed by atoms with Crippen LogP contribution < -0.4 is 5.32 Å². The highest BCUT2D eigenvalue weighted by molar-refractivity contribution is 8.02. The number of hydrogen-bond acceptors (Lipinski definition) is 4. The van der Waals surface area contributed by atoms with Gasteiger partial charge in [0.2, 0.25) is 11.8 Å². The highest BCUT2D eigenvalue weighted by atomic mass is 32.2. The number of nitrogens with one attached hydrogen (secondary N) is 1. The van der Waals surface area contributed by atoms with E-state index in [2.05, 4.69) is 5.32 Å². The first-order valence-corrected chi connectivity index (χ1v) is 8.58. The Morgan fingerprint density at radius 3 is 2.91 bits per heavy atom. The van der Waals surface area contributed by atoms with E-state index in [1.54, 1.807) is 6.92 Å². The lowest BCUT2D eigenvalue weighted by molar-refractivity contribution is -0.151. The van der Waals surface area contributed by atoms with Crippen molar-refractivity contribution in [2.24, 2.45) is 0 Å². The third kappa shape index (κ3) is 2.65. The molecular formula is C14H14F2N2O2S2. The molecule has 1 aromatic rings. The van der Waals surface area contributed by atoms with E-state index in [1.165, 1.54) is 33.4 Å². The van der Waals surface area contributed by atoms with Crippen LogP contribution in [0.3, 0.4) is 0 Å². The molecule has 0 radical (unpaired) electrons. The summed E-state index contributed by atoms with van der Waals surface area (Å²) < 4.78 is 25.7. The van der Waals surface area contributed by atoms with Crippen LogP contribution in [0.4, 0.5) is 8.78 Å². The van der Waals surface area contributed by atoms with Crippen molar-refractivity contribution in [1.82, 2.24) is 10.2 Å². The van der Waals surface area contributed by atoms with Gasteiger partial charge in [-0.2, -0.15) is 0 Å². The van der Waals surface area contributed by atoms with Gasteiger partial charge in [0, 0.05) is 10.5 Å². The molecule has 2 aliphatic heterocycles. The third-order valence-corrected chi connectivity index (χ3v) is 5.87. The first kappa shape index (κ1) is 15.5. The summed E-state index contributed by atoms with van der Waals surface area (Å²) in [4.78, 5) is 26.4. The van der Waals surface area contributed by atoms with Gasteiger partial charge in [0.05, 0.1) is 12.5 Å². The summed E-state index contributed by atoms with van der Waals surface area (Å²) in [6, 6.07) is 2.46. The molecule has 3 atom stereocenters. The van der Waals surface area contributed by atoms with Crippen molar-refractivity contribution in [1.29, 1.82) is 0 Å². The summed E-state index contributed by atoms with van der Waals surface area (Å²) in [7, 11) is 0. The van der Waals surface area contributed by atoms with Gasteiger partial charge >= 0.3 is 0 Å². The van der Waals surface area contributed by atoms with Crippen LogP contribution in [0.5, 0.6) is 0 Å². The number of carbonyl (C=O) groups excluding carboxylic acids is 2. The van der Waals surface area contributed by atoms with Crippen molar-refractivity contribution >= 4 is 34.9 Å². The van der Waals surface area contributed by atoms with Gasteiger partial charge in [-0.25, -0.2) is 8.78 Å². The van der Waals surface area contributed by atoms with Crippen LogP contribution in [0.2, 0.25) is 0 Å². The predicted octanol–water partition coefficient (Wildman–Crippen LogP) is 2.23. The highest BCUT2D eigenvalue weighted by Gasteiger charge is 2.53. The summed E-state index contributed by atoms with van der Waals surface area (Å²) in [6.45, 7) is 1.59. The molecule has 4 nitrogen and oxygen atoms in total. The van der Waals surface area contributed by atoms with E-state index in [4.69, 9.17) is 0 Å². The number of fused-ring (bicyclic) bond motifs is 1. The number of nitrogens with zero attached hydrogens (tertiary/aromatic N) is 1. The van der Waals surface area contributed by atoms with Crippen LogP contribution in [0.15, 0.2) is 28.5 Å². The zero-order valence-corrected chi connectivity index (χ0v) is 13.3. The molecule has 3 rings (SSSR count). The average Bonchev–Trinajstić information content (AvgIpc) is 2.96. The lowest BCUT2D eigenvalue weighted by Gasteiger charge is -2.51. The largest absolute Gasteiger partial charge is 0.341 e. The standard InChI is InChI=1S/C14H14F2N2O2S2/c1-7-9(12(15)16)6-22-14-11(13(20)18(7)14)17-10(19)5-8-3-2-4-21-8/h2-4,6-7,11-12,14H,5H2,1H3,(H,17,19)/t7?,11?,14-/m0/s1. The van der Waals surface area contributed by atoms with Crippen molar-refractivity contribution < 1.29 is 18.4 Å². The van der Waals surface area contributed by atoms with Crippen molar-refractivity contribution in [2.75, 3.05) is 0 Å². The topological polar surface area (TPSA) is 49.4 Å².